The van der Waals surface area contributed by atoms with Crippen LogP contribution in [-0.4, -0.2) is 58.3 Å². The Labute approximate surface area is 264 Å². The lowest BCUT2D eigenvalue weighted by Crippen LogP contribution is -2.34. The SMILES string of the molecule is COc1cc2c3cc1Oc1c(OC)c(OC)cc4c1[C@H](Cc1ccc(cc1)Oc1cc(ccc1F)C[C@H]3N(C)CC2)N(C)CC4. The monoisotopic (exact) mass is 610 g/mol. The summed E-state index contributed by atoms with van der Waals surface area (Å²) in [6.07, 6.45) is 3.14. The third-order valence-corrected chi connectivity index (χ3v) is 9.62. The summed E-state index contributed by atoms with van der Waals surface area (Å²) in [5, 5.41) is 0. The molecule has 4 aromatic rings. The lowest BCUT2D eigenvalue weighted by Gasteiger charge is -2.37. The minimum absolute atomic E-state index is 0.00541. The topological polar surface area (TPSA) is 52.6 Å². The standard InChI is InChI=1S/C37H39FN2O5/c1-39-14-12-24-19-32(41-3)33-21-27(24)29(39)17-23-8-11-28(38)31(18-23)44-26-9-6-22(7-10-26)16-30-35-25(13-15-40(30)2)20-34(42-4)36(43-5)37(35)45-33/h6-11,18-21,29-30H,12-17H2,1-5H3/t29-,30+/m1/s1. The van der Waals surface area contributed by atoms with Gasteiger partial charge in [0.15, 0.2) is 34.6 Å². The molecule has 0 saturated carbocycles. The van der Waals surface area contributed by atoms with Crippen LogP contribution < -0.4 is 23.7 Å². The summed E-state index contributed by atoms with van der Waals surface area (Å²) >= 11 is 0. The first-order valence-corrected chi connectivity index (χ1v) is 15.5. The molecule has 234 valence electrons. The van der Waals surface area contributed by atoms with E-state index in [2.05, 4.69) is 54.2 Å². The molecule has 0 spiro atoms. The molecule has 7 nitrogen and oxygen atoms in total. The molecule has 8 heteroatoms. The normalized spacial score (nSPS) is 19.4. The Morgan fingerprint density at radius 2 is 1.36 bits per heavy atom. The number of hydrogen-bond acceptors (Lipinski definition) is 7. The van der Waals surface area contributed by atoms with E-state index in [0.29, 0.717) is 40.9 Å². The lowest BCUT2D eigenvalue weighted by atomic mass is 9.87. The highest BCUT2D eigenvalue weighted by molar-refractivity contribution is 5.63. The van der Waals surface area contributed by atoms with Crippen molar-refractivity contribution in [3.05, 3.63) is 99.9 Å². The predicted molar refractivity (Wildman–Crippen MR) is 171 cm³/mol. The van der Waals surface area contributed by atoms with Crippen molar-refractivity contribution in [1.29, 1.82) is 0 Å². The Balaban J connectivity index is 1.46. The number of methoxy groups -OCH3 is 3. The molecule has 0 N–H and O–H groups in total. The number of likely N-dealkylation sites (N-methyl/N-ethyl adjacent to an activating group) is 2. The van der Waals surface area contributed by atoms with Crippen molar-refractivity contribution in [2.24, 2.45) is 0 Å². The Bertz CT molecular complexity index is 1740. The van der Waals surface area contributed by atoms with Crippen molar-refractivity contribution in [2.75, 3.05) is 48.5 Å². The van der Waals surface area contributed by atoms with Gasteiger partial charge in [-0.3, -0.25) is 9.80 Å². The summed E-state index contributed by atoms with van der Waals surface area (Å²) in [5.41, 5.74) is 6.73. The number of benzene rings is 4. The molecule has 4 aliphatic rings. The zero-order valence-corrected chi connectivity index (χ0v) is 26.5. The molecule has 4 heterocycles. The highest BCUT2D eigenvalue weighted by Gasteiger charge is 2.34. The molecule has 0 amide bonds. The molecule has 6 bridgehead atoms. The van der Waals surface area contributed by atoms with Crippen LogP contribution in [0.4, 0.5) is 4.39 Å². The molecular weight excluding hydrogens is 571 g/mol. The van der Waals surface area contributed by atoms with Crippen molar-refractivity contribution in [1.82, 2.24) is 9.80 Å². The van der Waals surface area contributed by atoms with Crippen molar-refractivity contribution in [3.63, 3.8) is 0 Å². The van der Waals surface area contributed by atoms with E-state index < -0.39 is 0 Å². The Kier molecular flexibility index (Phi) is 7.79. The van der Waals surface area contributed by atoms with Gasteiger partial charge in [-0.15, -0.1) is 0 Å². The van der Waals surface area contributed by atoms with Gasteiger partial charge in [0.1, 0.15) is 5.75 Å². The van der Waals surface area contributed by atoms with Crippen LogP contribution in [0.3, 0.4) is 0 Å². The highest BCUT2D eigenvalue weighted by Crippen LogP contribution is 2.51. The molecule has 4 aromatic carbocycles. The molecule has 0 unspecified atom stereocenters. The minimum Gasteiger partial charge on any atom is -0.493 e. The summed E-state index contributed by atoms with van der Waals surface area (Å²) in [7, 11) is 9.27. The molecule has 0 aliphatic carbocycles. The maximum atomic E-state index is 15.0. The van der Waals surface area contributed by atoms with Gasteiger partial charge in [0.25, 0.3) is 0 Å². The fraction of sp³-hybridized carbons (Fsp3) is 0.351. The van der Waals surface area contributed by atoms with E-state index >= 15 is 0 Å². The van der Waals surface area contributed by atoms with Gasteiger partial charge in [-0.05, 0) is 110 Å². The van der Waals surface area contributed by atoms with Crippen molar-refractivity contribution in [3.8, 4) is 40.2 Å². The van der Waals surface area contributed by atoms with Gasteiger partial charge in [-0.25, -0.2) is 4.39 Å². The van der Waals surface area contributed by atoms with Gasteiger partial charge in [0.2, 0.25) is 5.75 Å². The number of rotatable bonds is 3. The quantitative estimate of drug-likeness (QED) is 0.241. The van der Waals surface area contributed by atoms with Gasteiger partial charge >= 0.3 is 0 Å². The van der Waals surface area contributed by atoms with E-state index in [-0.39, 0.29) is 23.7 Å². The molecule has 8 rings (SSSR count). The third kappa shape index (κ3) is 5.36. The fourth-order valence-corrected chi connectivity index (χ4v) is 7.10. The Morgan fingerprint density at radius 1 is 0.689 bits per heavy atom. The summed E-state index contributed by atoms with van der Waals surface area (Å²) < 4.78 is 45.9. The van der Waals surface area contributed by atoms with Crippen molar-refractivity contribution < 1.29 is 28.1 Å². The van der Waals surface area contributed by atoms with Gasteiger partial charge in [0, 0.05) is 30.7 Å². The average molecular weight is 611 g/mol. The third-order valence-electron chi connectivity index (χ3n) is 9.62. The van der Waals surface area contributed by atoms with Crippen LogP contribution in [0.25, 0.3) is 0 Å². The summed E-state index contributed by atoms with van der Waals surface area (Å²) in [6.45, 7) is 1.78. The second-order valence-electron chi connectivity index (χ2n) is 12.2. The molecule has 0 radical (unpaired) electrons. The first-order valence-electron chi connectivity index (χ1n) is 15.5. The van der Waals surface area contributed by atoms with Gasteiger partial charge in [-0.1, -0.05) is 18.2 Å². The van der Waals surface area contributed by atoms with E-state index in [1.807, 2.05) is 24.3 Å². The second kappa shape index (κ2) is 11.9. The van der Waals surface area contributed by atoms with Crippen LogP contribution in [0.2, 0.25) is 0 Å². The van der Waals surface area contributed by atoms with Crippen LogP contribution in [0, 0.1) is 5.82 Å². The van der Waals surface area contributed by atoms with Crippen LogP contribution >= 0.6 is 0 Å². The number of hydrogen-bond donors (Lipinski definition) is 0. The smallest absolute Gasteiger partial charge is 0.204 e. The zero-order valence-electron chi connectivity index (χ0n) is 26.5. The minimum atomic E-state index is -0.382. The predicted octanol–water partition coefficient (Wildman–Crippen LogP) is 7.29. The first kappa shape index (κ1) is 29.4. The largest absolute Gasteiger partial charge is 0.493 e. The lowest BCUT2D eigenvalue weighted by molar-refractivity contribution is 0.220. The molecule has 0 aromatic heterocycles. The van der Waals surface area contributed by atoms with E-state index in [1.165, 1.54) is 17.2 Å². The first-order chi connectivity index (χ1) is 21.9. The maximum absolute atomic E-state index is 15.0. The van der Waals surface area contributed by atoms with Crippen molar-refractivity contribution >= 4 is 0 Å². The molecule has 4 aliphatic heterocycles. The molecular formula is C37H39FN2O5. The summed E-state index contributed by atoms with van der Waals surface area (Å²) in [6, 6.07) is 19.4. The van der Waals surface area contributed by atoms with Crippen molar-refractivity contribution in [2.45, 2.75) is 37.8 Å². The molecule has 0 saturated heterocycles. The number of nitrogens with zero attached hydrogens (tertiary/aromatic N) is 2. The average Bonchev–Trinajstić information content (AvgIpc) is 3.05. The molecule has 2 atom stereocenters. The number of halogens is 1. The van der Waals surface area contributed by atoms with E-state index in [4.69, 9.17) is 23.7 Å². The maximum Gasteiger partial charge on any atom is 0.204 e. The summed E-state index contributed by atoms with van der Waals surface area (Å²) in [4.78, 5) is 4.71. The molecule has 0 fully saturated rings. The highest BCUT2D eigenvalue weighted by atomic mass is 19.1. The van der Waals surface area contributed by atoms with Gasteiger partial charge in [-0.2, -0.15) is 0 Å². The number of fused-ring (bicyclic) bond motifs is 2. The van der Waals surface area contributed by atoms with E-state index in [1.54, 1.807) is 21.3 Å². The van der Waals surface area contributed by atoms with Crippen LogP contribution in [0.5, 0.6) is 40.2 Å². The van der Waals surface area contributed by atoms with Crippen LogP contribution in [0.1, 0.15) is 45.5 Å². The second-order valence-corrected chi connectivity index (χ2v) is 12.2. The van der Waals surface area contributed by atoms with Crippen LogP contribution in [0.15, 0.2) is 60.7 Å². The molecule has 45 heavy (non-hydrogen) atoms. The van der Waals surface area contributed by atoms with Crippen LogP contribution in [-0.2, 0) is 25.7 Å². The fourth-order valence-electron chi connectivity index (χ4n) is 7.10. The summed E-state index contributed by atoms with van der Waals surface area (Å²) in [5.74, 6) is 3.57. The van der Waals surface area contributed by atoms with Gasteiger partial charge < -0.3 is 23.7 Å². The number of ether oxygens (including phenoxy) is 5. The Hall–Kier alpha value is -4.27. The Morgan fingerprint density at radius 3 is 2.09 bits per heavy atom. The van der Waals surface area contributed by atoms with Gasteiger partial charge in [0.05, 0.1) is 21.3 Å². The van der Waals surface area contributed by atoms with E-state index in [0.717, 1.165) is 54.6 Å². The van der Waals surface area contributed by atoms with E-state index in [9.17, 15) is 4.39 Å². The zero-order chi connectivity index (χ0) is 31.2.